The van der Waals surface area contributed by atoms with E-state index in [1.807, 2.05) is 13.8 Å². The zero-order chi connectivity index (χ0) is 13.5. The molecule has 0 aliphatic rings. The predicted octanol–water partition coefficient (Wildman–Crippen LogP) is 3.28. The summed E-state index contributed by atoms with van der Waals surface area (Å²) in [4.78, 5) is 0. The molecule has 3 nitrogen and oxygen atoms in total. The molecule has 102 valence electrons. The lowest BCUT2D eigenvalue weighted by atomic mass is 10.1. The number of rotatable bonds is 7. The molecular formula is C14H22BrNO2. The van der Waals surface area contributed by atoms with Gasteiger partial charge in [0.05, 0.1) is 12.7 Å². The molecule has 0 aliphatic carbocycles. The van der Waals surface area contributed by atoms with Gasteiger partial charge in [0.2, 0.25) is 0 Å². The van der Waals surface area contributed by atoms with Gasteiger partial charge in [-0.2, -0.15) is 0 Å². The van der Waals surface area contributed by atoms with Crippen molar-refractivity contribution in [1.82, 2.24) is 5.32 Å². The molecule has 0 heterocycles. The van der Waals surface area contributed by atoms with Crippen molar-refractivity contribution in [3.8, 4) is 5.75 Å². The Kier molecular flexibility index (Phi) is 6.68. The van der Waals surface area contributed by atoms with Crippen LogP contribution in [0.2, 0.25) is 0 Å². The summed E-state index contributed by atoms with van der Waals surface area (Å²) >= 11 is 3.53. The number of methoxy groups -OCH3 is 1. The predicted molar refractivity (Wildman–Crippen MR) is 78.2 cm³/mol. The molecular weight excluding hydrogens is 294 g/mol. The maximum absolute atomic E-state index is 5.90. The quantitative estimate of drug-likeness (QED) is 0.783. The van der Waals surface area contributed by atoms with Crippen molar-refractivity contribution in [1.29, 1.82) is 0 Å². The Labute approximate surface area is 118 Å². The van der Waals surface area contributed by atoms with E-state index in [9.17, 15) is 0 Å². The topological polar surface area (TPSA) is 30.5 Å². The van der Waals surface area contributed by atoms with Crippen molar-refractivity contribution in [2.45, 2.75) is 33.4 Å². The molecule has 1 rings (SSSR count). The largest absolute Gasteiger partial charge is 0.490 e. The van der Waals surface area contributed by atoms with Gasteiger partial charge in [-0.1, -0.05) is 15.9 Å². The van der Waals surface area contributed by atoms with Crippen LogP contribution in [0.3, 0.4) is 0 Å². The van der Waals surface area contributed by atoms with Gasteiger partial charge in [-0.3, -0.25) is 0 Å². The highest BCUT2D eigenvalue weighted by molar-refractivity contribution is 9.10. The van der Waals surface area contributed by atoms with Crippen molar-refractivity contribution >= 4 is 15.9 Å². The Morgan fingerprint density at radius 3 is 2.67 bits per heavy atom. The molecule has 0 fully saturated rings. The highest BCUT2D eigenvalue weighted by Crippen LogP contribution is 2.28. The maximum atomic E-state index is 5.90. The van der Waals surface area contributed by atoms with Gasteiger partial charge < -0.3 is 14.8 Å². The number of hydrogen-bond acceptors (Lipinski definition) is 3. The summed E-state index contributed by atoms with van der Waals surface area (Å²) in [6.45, 7) is 8.50. The summed E-state index contributed by atoms with van der Waals surface area (Å²) in [5.74, 6) is 0.984. The van der Waals surface area contributed by atoms with E-state index >= 15 is 0 Å². The highest BCUT2D eigenvalue weighted by atomic mass is 79.9. The number of aryl methyl sites for hydroxylation is 1. The van der Waals surface area contributed by atoms with Gasteiger partial charge in [0.25, 0.3) is 0 Å². The summed E-state index contributed by atoms with van der Waals surface area (Å²) in [7, 11) is 1.71. The van der Waals surface area contributed by atoms with Crippen molar-refractivity contribution < 1.29 is 9.47 Å². The fourth-order valence-corrected chi connectivity index (χ4v) is 2.35. The Balaban J connectivity index is 2.79. The van der Waals surface area contributed by atoms with Crippen LogP contribution in [0.4, 0.5) is 0 Å². The number of nitrogens with one attached hydrogen (secondary N) is 1. The van der Waals surface area contributed by atoms with Gasteiger partial charge in [0.1, 0.15) is 5.75 Å². The van der Waals surface area contributed by atoms with Gasteiger partial charge in [0, 0.05) is 30.2 Å². The van der Waals surface area contributed by atoms with Crippen molar-refractivity contribution in [2.75, 3.05) is 20.3 Å². The number of hydrogen-bond donors (Lipinski definition) is 1. The van der Waals surface area contributed by atoms with Crippen LogP contribution in [-0.2, 0) is 11.3 Å². The molecule has 0 bridgehead atoms. The lowest BCUT2D eigenvalue weighted by Crippen LogP contribution is -2.20. The van der Waals surface area contributed by atoms with E-state index in [1.54, 1.807) is 7.11 Å². The third-order valence-electron chi connectivity index (χ3n) is 2.47. The van der Waals surface area contributed by atoms with Crippen molar-refractivity contribution in [2.24, 2.45) is 0 Å². The summed E-state index contributed by atoms with van der Waals surface area (Å²) in [5, 5.41) is 3.34. The smallest absolute Gasteiger partial charge is 0.127 e. The molecule has 4 heteroatoms. The van der Waals surface area contributed by atoms with Crippen LogP contribution in [-0.4, -0.2) is 26.4 Å². The molecule has 0 unspecified atom stereocenters. The van der Waals surface area contributed by atoms with E-state index in [4.69, 9.17) is 9.47 Å². The Bertz CT molecular complexity index is 380. The molecule has 1 N–H and O–H groups in total. The third kappa shape index (κ3) is 4.96. The molecule has 1 aromatic rings. The minimum atomic E-state index is 0.183. The standard InChI is InChI=1S/C14H22BrNO2/c1-10(2)18-14-11(3)7-13(15)8-12(14)9-16-5-6-17-4/h7-8,10,16H,5-6,9H2,1-4H3. The minimum Gasteiger partial charge on any atom is -0.490 e. The van der Waals surface area contributed by atoms with Gasteiger partial charge in [-0.15, -0.1) is 0 Å². The summed E-state index contributed by atoms with van der Waals surface area (Å²) in [6.07, 6.45) is 0.183. The minimum absolute atomic E-state index is 0.183. The van der Waals surface area contributed by atoms with Crippen LogP contribution in [0, 0.1) is 6.92 Å². The zero-order valence-electron chi connectivity index (χ0n) is 11.5. The van der Waals surface area contributed by atoms with Crippen LogP contribution < -0.4 is 10.1 Å². The molecule has 0 atom stereocenters. The van der Waals surface area contributed by atoms with Crippen molar-refractivity contribution in [3.05, 3.63) is 27.7 Å². The van der Waals surface area contributed by atoms with Gasteiger partial charge in [-0.05, 0) is 38.5 Å². The normalized spacial score (nSPS) is 11.0. The first kappa shape index (κ1) is 15.5. The van der Waals surface area contributed by atoms with E-state index < -0.39 is 0 Å². The van der Waals surface area contributed by atoms with E-state index in [0.717, 1.165) is 28.9 Å². The van der Waals surface area contributed by atoms with Gasteiger partial charge in [0.15, 0.2) is 0 Å². The summed E-state index contributed by atoms with van der Waals surface area (Å²) in [6, 6.07) is 4.18. The second-order valence-corrected chi connectivity index (χ2v) is 5.46. The molecule has 0 saturated carbocycles. The molecule has 0 amide bonds. The van der Waals surface area contributed by atoms with E-state index in [0.29, 0.717) is 6.61 Å². The lowest BCUT2D eigenvalue weighted by molar-refractivity contribution is 0.198. The van der Waals surface area contributed by atoms with Crippen LogP contribution in [0.15, 0.2) is 16.6 Å². The lowest BCUT2D eigenvalue weighted by Gasteiger charge is -2.17. The fraction of sp³-hybridized carbons (Fsp3) is 0.571. The highest BCUT2D eigenvalue weighted by Gasteiger charge is 2.10. The van der Waals surface area contributed by atoms with E-state index in [2.05, 4.69) is 40.3 Å². The average Bonchev–Trinajstić information content (AvgIpc) is 2.28. The molecule has 0 radical (unpaired) electrons. The summed E-state index contributed by atoms with van der Waals surface area (Å²) < 4.78 is 12.0. The van der Waals surface area contributed by atoms with Crippen LogP contribution in [0.25, 0.3) is 0 Å². The number of ether oxygens (including phenoxy) is 2. The summed E-state index contributed by atoms with van der Waals surface area (Å²) in [5.41, 5.74) is 2.33. The second-order valence-electron chi connectivity index (χ2n) is 4.55. The van der Waals surface area contributed by atoms with Gasteiger partial charge >= 0.3 is 0 Å². The van der Waals surface area contributed by atoms with Gasteiger partial charge in [-0.25, -0.2) is 0 Å². The van der Waals surface area contributed by atoms with Crippen LogP contribution >= 0.6 is 15.9 Å². The molecule has 18 heavy (non-hydrogen) atoms. The Morgan fingerprint density at radius 2 is 2.06 bits per heavy atom. The molecule has 1 aromatic carbocycles. The average molecular weight is 316 g/mol. The second kappa shape index (κ2) is 7.77. The fourth-order valence-electron chi connectivity index (χ4n) is 1.73. The van der Waals surface area contributed by atoms with Crippen LogP contribution in [0.5, 0.6) is 5.75 Å². The van der Waals surface area contributed by atoms with E-state index in [1.165, 1.54) is 5.56 Å². The van der Waals surface area contributed by atoms with Crippen molar-refractivity contribution in [3.63, 3.8) is 0 Å². The first-order valence-electron chi connectivity index (χ1n) is 6.20. The number of halogens is 1. The molecule has 0 saturated heterocycles. The third-order valence-corrected chi connectivity index (χ3v) is 2.93. The van der Waals surface area contributed by atoms with Crippen LogP contribution in [0.1, 0.15) is 25.0 Å². The molecule has 0 spiro atoms. The zero-order valence-corrected chi connectivity index (χ0v) is 13.1. The Morgan fingerprint density at radius 1 is 1.33 bits per heavy atom. The SMILES string of the molecule is COCCNCc1cc(Br)cc(C)c1OC(C)C. The monoisotopic (exact) mass is 315 g/mol. The number of benzene rings is 1. The maximum Gasteiger partial charge on any atom is 0.127 e. The first-order chi connectivity index (χ1) is 8.54. The molecule has 0 aliphatic heterocycles. The van der Waals surface area contributed by atoms with E-state index in [-0.39, 0.29) is 6.10 Å². The Hall–Kier alpha value is -0.580. The molecule has 0 aromatic heterocycles. The first-order valence-corrected chi connectivity index (χ1v) is 6.99.